The molecule has 1 rings (SSSR count). The molecule has 0 radical (unpaired) electrons. The molecule has 1 atom stereocenters. The molecule has 0 aromatic carbocycles. The fourth-order valence-corrected chi connectivity index (χ4v) is 1.60. The number of hydrogen-bond donors (Lipinski definition) is 2. The topological polar surface area (TPSA) is 50.4 Å². The van der Waals surface area contributed by atoms with Gasteiger partial charge in [-0.2, -0.15) is 0 Å². The summed E-state index contributed by atoms with van der Waals surface area (Å²) in [6.07, 6.45) is 2.61. The molecular formula is C11H22N2O2. The molecule has 1 aliphatic heterocycles. The lowest BCUT2D eigenvalue weighted by molar-refractivity contribution is -0.119. The van der Waals surface area contributed by atoms with E-state index in [-0.39, 0.29) is 11.5 Å². The Morgan fingerprint density at radius 1 is 1.60 bits per heavy atom. The molecule has 0 aromatic rings. The van der Waals surface area contributed by atoms with Gasteiger partial charge in [-0.15, -0.1) is 0 Å². The predicted octanol–water partition coefficient (Wildman–Crippen LogP) is 0.670. The van der Waals surface area contributed by atoms with Gasteiger partial charge < -0.3 is 15.4 Å². The Bertz CT molecular complexity index is 217. The van der Waals surface area contributed by atoms with Crippen LogP contribution in [0.2, 0.25) is 0 Å². The third kappa shape index (κ3) is 4.62. The van der Waals surface area contributed by atoms with Crippen LogP contribution in [0.1, 0.15) is 33.1 Å². The quantitative estimate of drug-likeness (QED) is 0.639. The number of methoxy groups -OCH3 is 1. The van der Waals surface area contributed by atoms with Crippen LogP contribution in [0, 0.1) is 0 Å². The van der Waals surface area contributed by atoms with Crippen molar-refractivity contribution in [3.05, 3.63) is 0 Å². The van der Waals surface area contributed by atoms with Gasteiger partial charge in [0.1, 0.15) is 0 Å². The van der Waals surface area contributed by atoms with E-state index in [1.54, 1.807) is 7.11 Å². The molecule has 1 aliphatic rings. The predicted molar refractivity (Wildman–Crippen MR) is 59.7 cm³/mol. The van der Waals surface area contributed by atoms with Gasteiger partial charge in [-0.25, -0.2) is 0 Å². The van der Waals surface area contributed by atoms with Gasteiger partial charge in [0.05, 0.1) is 5.60 Å². The van der Waals surface area contributed by atoms with Crippen molar-refractivity contribution in [3.8, 4) is 0 Å². The summed E-state index contributed by atoms with van der Waals surface area (Å²) in [5.74, 6) is 0.180. The molecule has 0 saturated carbocycles. The highest BCUT2D eigenvalue weighted by Gasteiger charge is 2.20. The first-order valence-electron chi connectivity index (χ1n) is 5.59. The monoisotopic (exact) mass is 214 g/mol. The molecule has 1 saturated heterocycles. The average molecular weight is 214 g/mol. The zero-order chi connectivity index (χ0) is 11.3. The molecule has 1 amide bonds. The van der Waals surface area contributed by atoms with E-state index >= 15 is 0 Å². The second-order valence-electron chi connectivity index (χ2n) is 4.72. The van der Waals surface area contributed by atoms with Crippen LogP contribution in [0.4, 0.5) is 0 Å². The Morgan fingerprint density at radius 2 is 2.33 bits per heavy atom. The number of carbonyl (C=O) groups is 1. The number of amides is 1. The minimum atomic E-state index is -0.0636. The number of ether oxygens (including phenoxy) is 1. The zero-order valence-corrected chi connectivity index (χ0v) is 9.93. The van der Waals surface area contributed by atoms with Crippen LogP contribution in [-0.4, -0.2) is 37.7 Å². The zero-order valence-electron chi connectivity index (χ0n) is 9.93. The van der Waals surface area contributed by atoms with E-state index < -0.39 is 0 Å². The van der Waals surface area contributed by atoms with E-state index in [0.717, 1.165) is 25.9 Å². The van der Waals surface area contributed by atoms with Crippen LogP contribution in [-0.2, 0) is 9.53 Å². The third-order valence-corrected chi connectivity index (χ3v) is 2.93. The maximum Gasteiger partial charge on any atom is 0.220 e. The largest absolute Gasteiger partial charge is 0.379 e. The van der Waals surface area contributed by atoms with Gasteiger partial charge in [-0.05, 0) is 33.2 Å². The highest BCUT2D eigenvalue weighted by Crippen LogP contribution is 2.11. The molecule has 1 heterocycles. The fourth-order valence-electron chi connectivity index (χ4n) is 1.60. The summed E-state index contributed by atoms with van der Waals surface area (Å²) in [4.78, 5) is 10.9. The van der Waals surface area contributed by atoms with Crippen molar-refractivity contribution < 1.29 is 9.53 Å². The molecular weight excluding hydrogens is 192 g/mol. The molecule has 1 fully saturated rings. The first-order chi connectivity index (χ1) is 7.03. The van der Waals surface area contributed by atoms with Gasteiger partial charge in [-0.3, -0.25) is 4.79 Å². The molecule has 0 aromatic heterocycles. The van der Waals surface area contributed by atoms with Gasteiger partial charge in [-0.1, -0.05) is 0 Å². The standard InChI is InChI=1S/C11H22N2O2/c1-11(2,15-3)6-7-12-8-9-4-5-10(14)13-9/h9,12H,4-8H2,1-3H3,(H,13,14). The maximum atomic E-state index is 10.9. The normalized spacial score (nSPS) is 21.8. The molecule has 15 heavy (non-hydrogen) atoms. The van der Waals surface area contributed by atoms with Gasteiger partial charge in [0.15, 0.2) is 0 Å². The summed E-state index contributed by atoms with van der Waals surface area (Å²) in [5.41, 5.74) is -0.0636. The van der Waals surface area contributed by atoms with E-state index in [1.165, 1.54) is 0 Å². The van der Waals surface area contributed by atoms with Crippen molar-refractivity contribution in [3.63, 3.8) is 0 Å². The van der Waals surface area contributed by atoms with Crippen molar-refractivity contribution in [1.29, 1.82) is 0 Å². The first kappa shape index (κ1) is 12.5. The number of carbonyl (C=O) groups excluding carboxylic acids is 1. The minimum absolute atomic E-state index is 0.0636. The van der Waals surface area contributed by atoms with Gasteiger partial charge in [0, 0.05) is 26.1 Å². The highest BCUT2D eigenvalue weighted by atomic mass is 16.5. The van der Waals surface area contributed by atoms with Crippen molar-refractivity contribution in [2.75, 3.05) is 20.2 Å². The minimum Gasteiger partial charge on any atom is -0.379 e. The van der Waals surface area contributed by atoms with Crippen molar-refractivity contribution >= 4 is 5.91 Å². The average Bonchev–Trinajstić information content (AvgIpc) is 2.59. The lowest BCUT2D eigenvalue weighted by atomic mass is 10.1. The third-order valence-electron chi connectivity index (χ3n) is 2.93. The summed E-state index contributed by atoms with van der Waals surface area (Å²) in [7, 11) is 1.73. The Hall–Kier alpha value is -0.610. The Morgan fingerprint density at radius 3 is 2.87 bits per heavy atom. The van der Waals surface area contributed by atoms with Crippen LogP contribution >= 0.6 is 0 Å². The first-order valence-corrected chi connectivity index (χ1v) is 5.59. The summed E-state index contributed by atoms with van der Waals surface area (Å²) < 4.78 is 5.32. The van der Waals surface area contributed by atoms with Crippen molar-refractivity contribution in [2.45, 2.75) is 44.8 Å². The van der Waals surface area contributed by atoms with E-state index in [9.17, 15) is 4.79 Å². The molecule has 0 bridgehead atoms. The number of rotatable bonds is 6. The molecule has 4 heteroatoms. The van der Waals surface area contributed by atoms with Gasteiger partial charge in [0.2, 0.25) is 5.91 Å². The van der Waals surface area contributed by atoms with Crippen LogP contribution in [0.25, 0.3) is 0 Å². The SMILES string of the molecule is COC(C)(C)CCNCC1CCC(=O)N1. The summed E-state index contributed by atoms with van der Waals surface area (Å²) in [5, 5.41) is 6.28. The van der Waals surface area contributed by atoms with Crippen molar-refractivity contribution in [1.82, 2.24) is 10.6 Å². The fraction of sp³-hybridized carbons (Fsp3) is 0.909. The lowest BCUT2D eigenvalue weighted by Gasteiger charge is -2.23. The Balaban J connectivity index is 2.04. The number of nitrogens with one attached hydrogen (secondary N) is 2. The van der Waals surface area contributed by atoms with Crippen molar-refractivity contribution in [2.24, 2.45) is 0 Å². The molecule has 4 nitrogen and oxygen atoms in total. The van der Waals surface area contributed by atoms with E-state index in [1.807, 2.05) is 0 Å². The lowest BCUT2D eigenvalue weighted by Crippen LogP contribution is -2.37. The second-order valence-corrected chi connectivity index (χ2v) is 4.72. The van der Waals surface area contributed by atoms with Crippen LogP contribution in [0.15, 0.2) is 0 Å². The summed E-state index contributed by atoms with van der Waals surface area (Å²) >= 11 is 0. The number of hydrogen-bond acceptors (Lipinski definition) is 3. The van der Waals surface area contributed by atoms with Gasteiger partial charge >= 0.3 is 0 Å². The Kier molecular flexibility index (Phi) is 4.54. The van der Waals surface area contributed by atoms with Crippen LogP contribution < -0.4 is 10.6 Å². The highest BCUT2D eigenvalue weighted by molar-refractivity contribution is 5.78. The van der Waals surface area contributed by atoms with E-state index in [2.05, 4.69) is 24.5 Å². The summed E-state index contributed by atoms with van der Waals surface area (Å²) in [6, 6.07) is 0.322. The molecule has 0 aliphatic carbocycles. The molecule has 0 spiro atoms. The van der Waals surface area contributed by atoms with Crippen LogP contribution in [0.5, 0.6) is 0 Å². The van der Waals surface area contributed by atoms with Gasteiger partial charge in [0.25, 0.3) is 0 Å². The smallest absolute Gasteiger partial charge is 0.220 e. The van der Waals surface area contributed by atoms with E-state index in [0.29, 0.717) is 12.5 Å². The van der Waals surface area contributed by atoms with Crippen LogP contribution in [0.3, 0.4) is 0 Å². The second kappa shape index (κ2) is 5.47. The molecule has 1 unspecified atom stereocenters. The molecule has 88 valence electrons. The summed E-state index contributed by atoms with van der Waals surface area (Å²) in [6.45, 7) is 5.94. The van der Waals surface area contributed by atoms with E-state index in [4.69, 9.17) is 4.74 Å². The maximum absolute atomic E-state index is 10.9. The molecule has 2 N–H and O–H groups in total. The Labute approximate surface area is 91.8 Å².